The number of halogens is 2. The number of Topliss-reactive ketones (excluding diaryl/α,β-unsaturated/α-hetero) is 1. The first kappa shape index (κ1) is 12.7. The smallest absolute Gasteiger partial charge is 0.143 e. The van der Waals surface area contributed by atoms with Crippen molar-refractivity contribution in [3.8, 4) is 5.75 Å². The fraction of sp³-hybridized carbons (Fsp3) is 0.364. The lowest BCUT2D eigenvalue weighted by atomic mass is 10.1. The van der Waals surface area contributed by atoms with Crippen LogP contribution in [-0.4, -0.2) is 17.7 Å². The van der Waals surface area contributed by atoms with Crippen LogP contribution in [-0.2, 0) is 11.2 Å². The molecule has 0 amide bonds. The van der Waals surface area contributed by atoms with Gasteiger partial charge in [-0.3, -0.25) is 4.79 Å². The summed E-state index contributed by atoms with van der Waals surface area (Å²) in [5, 5.41) is 0. The minimum absolute atomic E-state index is 0.129. The first-order valence-corrected chi connectivity index (χ1v) is 6.22. The van der Waals surface area contributed by atoms with Crippen molar-refractivity contribution in [2.75, 3.05) is 7.11 Å². The predicted octanol–water partition coefficient (Wildman–Crippen LogP) is 3.35. The van der Waals surface area contributed by atoms with E-state index in [4.69, 9.17) is 4.74 Å². The molecule has 0 aliphatic heterocycles. The van der Waals surface area contributed by atoms with Gasteiger partial charge in [0.25, 0.3) is 0 Å². The molecule has 0 radical (unpaired) electrons. The molecular formula is C11H12Br2O2. The van der Waals surface area contributed by atoms with Crippen molar-refractivity contribution >= 4 is 37.6 Å². The first-order chi connectivity index (χ1) is 7.04. The van der Waals surface area contributed by atoms with Gasteiger partial charge in [-0.15, -0.1) is 0 Å². The van der Waals surface area contributed by atoms with Gasteiger partial charge in [-0.2, -0.15) is 0 Å². The molecule has 0 N–H and O–H groups in total. The third kappa shape index (κ3) is 3.61. The number of hydrogen-bond donors (Lipinski definition) is 0. The molecule has 0 saturated carbocycles. The summed E-state index contributed by atoms with van der Waals surface area (Å²) in [6.45, 7) is 1.58. The van der Waals surface area contributed by atoms with Crippen LogP contribution in [0.25, 0.3) is 0 Å². The fourth-order valence-electron chi connectivity index (χ4n) is 1.17. The van der Waals surface area contributed by atoms with Gasteiger partial charge in [0.2, 0.25) is 0 Å². The van der Waals surface area contributed by atoms with Crippen molar-refractivity contribution < 1.29 is 9.53 Å². The number of methoxy groups -OCH3 is 1. The van der Waals surface area contributed by atoms with Crippen LogP contribution in [0.15, 0.2) is 22.7 Å². The summed E-state index contributed by atoms with van der Waals surface area (Å²) in [6, 6.07) is 5.74. The molecule has 4 heteroatoms. The molecule has 2 nitrogen and oxygen atoms in total. The molecule has 1 aromatic carbocycles. The van der Waals surface area contributed by atoms with E-state index in [1.165, 1.54) is 0 Å². The van der Waals surface area contributed by atoms with E-state index in [0.717, 1.165) is 15.8 Å². The highest BCUT2D eigenvalue weighted by Gasteiger charge is 2.13. The Morgan fingerprint density at radius 2 is 2.20 bits per heavy atom. The Labute approximate surface area is 106 Å². The number of ketones is 1. The lowest BCUT2D eigenvalue weighted by Crippen LogP contribution is -2.13. The number of hydrogen-bond acceptors (Lipinski definition) is 2. The standard InChI is InChI=1S/C11H12Br2O2/c1-7(14)11(13)6-8-5-9(15-2)3-4-10(8)12/h3-5,11H,6H2,1-2H3. The van der Waals surface area contributed by atoms with Gasteiger partial charge in [0.15, 0.2) is 0 Å². The molecule has 1 rings (SSSR count). The number of ether oxygens (including phenoxy) is 1. The van der Waals surface area contributed by atoms with E-state index >= 15 is 0 Å². The summed E-state index contributed by atoms with van der Waals surface area (Å²) in [4.78, 5) is 11.0. The maximum Gasteiger partial charge on any atom is 0.143 e. The first-order valence-electron chi connectivity index (χ1n) is 4.51. The van der Waals surface area contributed by atoms with Gasteiger partial charge < -0.3 is 4.74 Å². The number of carbonyl (C=O) groups is 1. The molecule has 1 aromatic rings. The van der Waals surface area contributed by atoms with Crippen LogP contribution in [0.2, 0.25) is 0 Å². The Hall–Kier alpha value is -0.350. The molecule has 0 aliphatic carbocycles. The van der Waals surface area contributed by atoms with E-state index in [1.807, 2.05) is 18.2 Å². The van der Waals surface area contributed by atoms with E-state index in [9.17, 15) is 4.79 Å². The molecule has 0 aliphatic rings. The van der Waals surface area contributed by atoms with Gasteiger partial charge in [-0.1, -0.05) is 31.9 Å². The van der Waals surface area contributed by atoms with Gasteiger partial charge in [-0.05, 0) is 37.1 Å². The molecule has 82 valence electrons. The van der Waals surface area contributed by atoms with E-state index in [0.29, 0.717) is 6.42 Å². The van der Waals surface area contributed by atoms with Crippen LogP contribution in [0.4, 0.5) is 0 Å². The minimum Gasteiger partial charge on any atom is -0.497 e. The Balaban J connectivity index is 2.88. The Morgan fingerprint density at radius 3 is 2.73 bits per heavy atom. The Kier molecular flexibility index (Phi) is 4.80. The topological polar surface area (TPSA) is 26.3 Å². The Morgan fingerprint density at radius 1 is 1.53 bits per heavy atom. The highest BCUT2D eigenvalue weighted by molar-refractivity contribution is 9.10. The molecule has 0 heterocycles. The van der Waals surface area contributed by atoms with Crippen LogP contribution < -0.4 is 4.74 Å². The molecule has 0 bridgehead atoms. The average molecular weight is 336 g/mol. The zero-order chi connectivity index (χ0) is 11.4. The second-order valence-electron chi connectivity index (χ2n) is 3.24. The van der Waals surface area contributed by atoms with Crippen LogP contribution in [0, 0.1) is 0 Å². The molecule has 1 unspecified atom stereocenters. The predicted molar refractivity (Wildman–Crippen MR) is 67.8 cm³/mol. The van der Waals surface area contributed by atoms with Crippen molar-refractivity contribution in [2.24, 2.45) is 0 Å². The quantitative estimate of drug-likeness (QED) is 0.789. The normalized spacial score (nSPS) is 12.3. The number of benzene rings is 1. The largest absolute Gasteiger partial charge is 0.497 e. The maximum absolute atomic E-state index is 11.1. The van der Waals surface area contributed by atoms with Crippen molar-refractivity contribution in [3.63, 3.8) is 0 Å². The summed E-state index contributed by atoms with van der Waals surface area (Å²) < 4.78 is 6.13. The van der Waals surface area contributed by atoms with Crippen LogP contribution in [0.1, 0.15) is 12.5 Å². The van der Waals surface area contributed by atoms with Gasteiger partial charge >= 0.3 is 0 Å². The zero-order valence-corrected chi connectivity index (χ0v) is 11.8. The highest BCUT2D eigenvalue weighted by Crippen LogP contribution is 2.25. The molecule has 0 fully saturated rings. The monoisotopic (exact) mass is 334 g/mol. The lowest BCUT2D eigenvalue weighted by molar-refractivity contribution is -0.116. The summed E-state index contributed by atoms with van der Waals surface area (Å²) in [5.41, 5.74) is 1.06. The number of rotatable bonds is 4. The number of carbonyl (C=O) groups excluding carboxylic acids is 1. The minimum atomic E-state index is -0.138. The summed E-state index contributed by atoms with van der Waals surface area (Å²) >= 11 is 6.80. The lowest BCUT2D eigenvalue weighted by Gasteiger charge is -2.09. The zero-order valence-electron chi connectivity index (χ0n) is 8.59. The molecule has 15 heavy (non-hydrogen) atoms. The summed E-state index contributed by atoms with van der Waals surface area (Å²) in [7, 11) is 1.63. The highest BCUT2D eigenvalue weighted by atomic mass is 79.9. The maximum atomic E-state index is 11.1. The molecule has 0 aromatic heterocycles. The molecule has 0 saturated heterocycles. The fourth-order valence-corrected chi connectivity index (χ4v) is 1.93. The van der Waals surface area contributed by atoms with Gasteiger partial charge in [-0.25, -0.2) is 0 Å². The van der Waals surface area contributed by atoms with Crippen LogP contribution in [0.3, 0.4) is 0 Å². The average Bonchev–Trinajstić information content (AvgIpc) is 2.21. The SMILES string of the molecule is COc1ccc(Br)c(CC(Br)C(C)=O)c1. The van der Waals surface area contributed by atoms with E-state index in [1.54, 1.807) is 14.0 Å². The Bertz CT molecular complexity index is 364. The summed E-state index contributed by atoms with van der Waals surface area (Å²) in [6.07, 6.45) is 0.660. The van der Waals surface area contributed by atoms with E-state index in [-0.39, 0.29) is 10.6 Å². The van der Waals surface area contributed by atoms with E-state index < -0.39 is 0 Å². The number of alkyl halides is 1. The molecule has 0 spiro atoms. The van der Waals surface area contributed by atoms with Crippen molar-refractivity contribution in [3.05, 3.63) is 28.2 Å². The second-order valence-corrected chi connectivity index (χ2v) is 5.20. The third-order valence-electron chi connectivity index (χ3n) is 2.09. The van der Waals surface area contributed by atoms with Crippen LogP contribution in [0.5, 0.6) is 5.75 Å². The van der Waals surface area contributed by atoms with Gasteiger partial charge in [0, 0.05) is 4.47 Å². The van der Waals surface area contributed by atoms with E-state index in [2.05, 4.69) is 31.9 Å². The molecular weight excluding hydrogens is 324 g/mol. The van der Waals surface area contributed by atoms with Crippen molar-refractivity contribution in [1.82, 2.24) is 0 Å². The third-order valence-corrected chi connectivity index (χ3v) is 3.84. The van der Waals surface area contributed by atoms with Crippen LogP contribution >= 0.6 is 31.9 Å². The van der Waals surface area contributed by atoms with Crippen molar-refractivity contribution in [1.29, 1.82) is 0 Å². The second kappa shape index (κ2) is 5.66. The molecule has 1 atom stereocenters. The van der Waals surface area contributed by atoms with Gasteiger partial charge in [0.05, 0.1) is 11.9 Å². The van der Waals surface area contributed by atoms with Gasteiger partial charge in [0.1, 0.15) is 11.5 Å². The van der Waals surface area contributed by atoms with Crippen molar-refractivity contribution in [2.45, 2.75) is 18.2 Å². The summed E-state index contributed by atoms with van der Waals surface area (Å²) in [5.74, 6) is 0.932.